The second-order valence-corrected chi connectivity index (χ2v) is 7.38. The molecule has 0 radical (unpaired) electrons. The van der Waals surface area contributed by atoms with E-state index in [0.29, 0.717) is 38.6 Å². The summed E-state index contributed by atoms with van der Waals surface area (Å²) in [6.45, 7) is 0.370. The number of hydrogen-bond donors (Lipinski definition) is 1. The van der Waals surface area contributed by atoms with Gasteiger partial charge in [0.15, 0.2) is 0 Å². The third-order valence-electron chi connectivity index (χ3n) is 5.80. The Morgan fingerprint density at radius 2 is 1.85 bits per heavy atom. The van der Waals surface area contributed by atoms with Crippen LogP contribution in [0.15, 0.2) is 18.2 Å². The number of nitrogens with zero attached hydrogens (tertiary/aromatic N) is 1. The summed E-state index contributed by atoms with van der Waals surface area (Å²) < 4.78 is 33.8. The van der Waals surface area contributed by atoms with Crippen LogP contribution >= 0.6 is 0 Å². The van der Waals surface area contributed by atoms with Gasteiger partial charge in [0.2, 0.25) is 5.91 Å². The van der Waals surface area contributed by atoms with E-state index in [1.165, 1.54) is 18.1 Å². The molecule has 1 heterocycles. The third kappa shape index (κ3) is 2.88. The van der Waals surface area contributed by atoms with Gasteiger partial charge in [-0.05, 0) is 37.8 Å². The maximum Gasteiger partial charge on any atom is 0.313 e. The van der Waals surface area contributed by atoms with E-state index in [4.69, 9.17) is 4.74 Å². The predicted molar refractivity (Wildman–Crippen MR) is 89.6 cm³/mol. The normalized spacial score (nSPS) is 24.8. The van der Waals surface area contributed by atoms with Crippen LogP contribution in [0.3, 0.4) is 0 Å². The molecule has 5 nitrogen and oxygen atoms in total. The Kier molecular flexibility index (Phi) is 5.01. The molecule has 2 fully saturated rings. The number of benzene rings is 1. The van der Waals surface area contributed by atoms with Crippen LogP contribution in [0.2, 0.25) is 0 Å². The summed E-state index contributed by atoms with van der Waals surface area (Å²) in [6.07, 6.45) is 2.35. The molecule has 142 valence electrons. The molecule has 0 bridgehead atoms. The first kappa shape index (κ1) is 18.8. The molecular formula is C19H23F2NO4. The zero-order chi connectivity index (χ0) is 18.9. The van der Waals surface area contributed by atoms with Crippen LogP contribution in [0.1, 0.15) is 37.7 Å². The highest BCUT2D eigenvalue weighted by atomic mass is 19.1. The van der Waals surface area contributed by atoms with Crippen molar-refractivity contribution in [3.63, 3.8) is 0 Å². The fraction of sp³-hybridized carbons (Fsp3) is 0.579. The highest BCUT2D eigenvalue weighted by Crippen LogP contribution is 2.48. The lowest BCUT2D eigenvalue weighted by molar-refractivity contribution is -0.161. The number of carbonyl (C=O) groups excluding carboxylic acids is 1. The lowest BCUT2D eigenvalue weighted by atomic mass is 9.62. The van der Waals surface area contributed by atoms with Gasteiger partial charge in [-0.2, -0.15) is 0 Å². The van der Waals surface area contributed by atoms with E-state index < -0.39 is 28.4 Å². The summed E-state index contributed by atoms with van der Waals surface area (Å²) in [7, 11) is 1.42. The van der Waals surface area contributed by atoms with Crippen molar-refractivity contribution in [1.82, 2.24) is 4.90 Å². The second kappa shape index (κ2) is 6.95. The van der Waals surface area contributed by atoms with Crippen LogP contribution < -0.4 is 0 Å². The van der Waals surface area contributed by atoms with E-state index in [1.54, 1.807) is 0 Å². The van der Waals surface area contributed by atoms with Crippen LogP contribution in [0.5, 0.6) is 0 Å². The number of carbonyl (C=O) groups is 2. The van der Waals surface area contributed by atoms with Gasteiger partial charge in [-0.3, -0.25) is 9.59 Å². The monoisotopic (exact) mass is 367 g/mol. The van der Waals surface area contributed by atoms with E-state index in [1.807, 2.05) is 0 Å². The molecule has 2 aliphatic rings. The Labute approximate surface area is 150 Å². The van der Waals surface area contributed by atoms with Gasteiger partial charge in [0.25, 0.3) is 0 Å². The molecule has 1 saturated carbocycles. The molecule has 1 N–H and O–H groups in total. The van der Waals surface area contributed by atoms with Gasteiger partial charge in [-0.25, -0.2) is 8.78 Å². The fourth-order valence-corrected chi connectivity index (χ4v) is 4.29. The Morgan fingerprint density at radius 1 is 1.19 bits per heavy atom. The number of carboxylic acid groups (broad SMARTS) is 1. The van der Waals surface area contributed by atoms with Crippen molar-refractivity contribution < 1.29 is 28.2 Å². The first-order valence-corrected chi connectivity index (χ1v) is 8.82. The van der Waals surface area contributed by atoms with Gasteiger partial charge in [0, 0.05) is 25.8 Å². The van der Waals surface area contributed by atoms with Crippen LogP contribution in [0.4, 0.5) is 8.78 Å². The minimum atomic E-state index is -1.23. The molecule has 0 spiro atoms. The fourth-order valence-electron chi connectivity index (χ4n) is 4.29. The molecule has 1 aliphatic carbocycles. The number of piperidine rings is 1. The van der Waals surface area contributed by atoms with Gasteiger partial charge in [-0.1, -0.05) is 12.5 Å². The van der Waals surface area contributed by atoms with E-state index >= 15 is 0 Å². The lowest BCUT2D eigenvalue weighted by Gasteiger charge is -2.47. The van der Waals surface area contributed by atoms with Crippen molar-refractivity contribution in [3.05, 3.63) is 35.4 Å². The topological polar surface area (TPSA) is 66.8 Å². The zero-order valence-corrected chi connectivity index (χ0v) is 14.8. The van der Waals surface area contributed by atoms with Crippen molar-refractivity contribution in [1.29, 1.82) is 0 Å². The Morgan fingerprint density at radius 3 is 2.35 bits per heavy atom. The maximum absolute atomic E-state index is 14.4. The van der Waals surface area contributed by atoms with Crippen LogP contribution in [0, 0.1) is 17.0 Å². The maximum atomic E-state index is 14.4. The van der Waals surface area contributed by atoms with Gasteiger partial charge >= 0.3 is 5.97 Å². The smallest absolute Gasteiger partial charge is 0.313 e. The number of methoxy groups -OCH3 is 1. The average molecular weight is 367 g/mol. The molecule has 1 unspecified atom stereocenters. The molecule has 0 aromatic heterocycles. The largest absolute Gasteiger partial charge is 0.481 e. The Hall–Kier alpha value is -2.02. The number of ether oxygens (including phenoxy) is 1. The second-order valence-electron chi connectivity index (χ2n) is 7.38. The van der Waals surface area contributed by atoms with Crippen molar-refractivity contribution in [2.24, 2.45) is 5.41 Å². The number of rotatable bonds is 5. The molecule has 1 atom stereocenters. The van der Waals surface area contributed by atoms with E-state index in [-0.39, 0.29) is 24.6 Å². The average Bonchev–Trinajstić information content (AvgIpc) is 2.56. The molecule has 7 heteroatoms. The van der Waals surface area contributed by atoms with E-state index in [2.05, 4.69) is 0 Å². The molecule has 1 aromatic carbocycles. The SMILES string of the molecule is COCC1(C(=O)O)CCCN(C(=O)C2(c3c(F)cccc3F)CCC2)C1. The van der Waals surface area contributed by atoms with Gasteiger partial charge in [0.05, 0.1) is 12.0 Å². The standard InChI is InChI=1S/C19H23F2NO4/c1-26-12-18(17(24)25)7-4-10-22(11-18)16(23)19(8-3-9-19)15-13(20)5-2-6-14(15)21/h2,5-6H,3-4,7-12H2,1H3,(H,24,25). The Bertz CT molecular complexity index is 695. The number of amides is 1. The number of likely N-dealkylation sites (tertiary alicyclic amines) is 1. The summed E-state index contributed by atoms with van der Waals surface area (Å²) >= 11 is 0. The molecule has 1 aromatic rings. The molecule has 1 amide bonds. The number of hydrogen-bond acceptors (Lipinski definition) is 3. The molecule has 3 rings (SSSR count). The first-order valence-electron chi connectivity index (χ1n) is 8.82. The van der Waals surface area contributed by atoms with E-state index in [0.717, 1.165) is 12.1 Å². The highest BCUT2D eigenvalue weighted by Gasteiger charge is 2.53. The van der Waals surface area contributed by atoms with Crippen molar-refractivity contribution >= 4 is 11.9 Å². The van der Waals surface area contributed by atoms with Gasteiger partial charge < -0.3 is 14.7 Å². The summed E-state index contributed by atoms with van der Waals surface area (Å²) in [5.41, 5.74) is -2.60. The van der Waals surface area contributed by atoms with Crippen molar-refractivity contribution in [3.8, 4) is 0 Å². The Balaban J connectivity index is 1.93. The van der Waals surface area contributed by atoms with Gasteiger partial charge in [0.1, 0.15) is 17.0 Å². The molecule has 26 heavy (non-hydrogen) atoms. The lowest BCUT2D eigenvalue weighted by Crippen LogP contribution is -2.58. The quantitative estimate of drug-likeness (QED) is 0.869. The number of carboxylic acids is 1. The molecular weight excluding hydrogens is 344 g/mol. The van der Waals surface area contributed by atoms with Gasteiger partial charge in [-0.15, -0.1) is 0 Å². The summed E-state index contributed by atoms with van der Waals surface area (Å²) in [5.74, 6) is -2.85. The van der Waals surface area contributed by atoms with E-state index in [9.17, 15) is 23.5 Å². The predicted octanol–water partition coefficient (Wildman–Crippen LogP) is 2.73. The first-order chi connectivity index (χ1) is 12.4. The van der Waals surface area contributed by atoms with Crippen LogP contribution in [-0.2, 0) is 19.7 Å². The minimum absolute atomic E-state index is 0.00677. The summed E-state index contributed by atoms with van der Waals surface area (Å²) in [5, 5.41) is 9.66. The molecule has 1 saturated heterocycles. The minimum Gasteiger partial charge on any atom is -0.481 e. The highest BCUT2D eigenvalue weighted by molar-refractivity contribution is 5.90. The number of aliphatic carboxylic acids is 1. The van der Waals surface area contributed by atoms with Crippen LogP contribution in [0.25, 0.3) is 0 Å². The number of halogens is 2. The summed E-state index contributed by atoms with van der Waals surface area (Å²) in [4.78, 5) is 26.5. The third-order valence-corrected chi connectivity index (χ3v) is 5.80. The molecule has 1 aliphatic heterocycles. The summed E-state index contributed by atoms with van der Waals surface area (Å²) in [6, 6.07) is 3.60. The van der Waals surface area contributed by atoms with Crippen LogP contribution in [-0.4, -0.2) is 48.7 Å². The van der Waals surface area contributed by atoms with Crippen molar-refractivity contribution in [2.45, 2.75) is 37.5 Å². The zero-order valence-electron chi connectivity index (χ0n) is 14.8. The van der Waals surface area contributed by atoms with Crippen molar-refractivity contribution in [2.75, 3.05) is 26.8 Å².